The minimum Gasteiger partial charge on any atom is -0.375 e. The van der Waals surface area contributed by atoms with Gasteiger partial charge in [-0.15, -0.1) is 0 Å². The summed E-state index contributed by atoms with van der Waals surface area (Å²) < 4.78 is 69.2. The maximum atomic E-state index is 15.2. The van der Waals surface area contributed by atoms with Crippen molar-refractivity contribution >= 4 is 15.9 Å². The Morgan fingerprint density at radius 2 is 1.88 bits per heavy atom. The summed E-state index contributed by atoms with van der Waals surface area (Å²) in [5.41, 5.74) is -0.701. The molecular weight excluding hydrogens is 466 g/mol. The zero-order chi connectivity index (χ0) is 24.5. The number of nitrogens with one attached hydrogen (secondary N) is 1. The number of hydrogen-bond donors (Lipinski definition) is 1. The summed E-state index contributed by atoms with van der Waals surface area (Å²) in [6.07, 6.45) is 1.07. The lowest BCUT2D eigenvalue weighted by atomic mass is 9.90. The molecule has 1 N–H and O–H groups in total. The van der Waals surface area contributed by atoms with Gasteiger partial charge in [0, 0.05) is 30.8 Å². The van der Waals surface area contributed by atoms with Gasteiger partial charge < -0.3 is 14.8 Å². The van der Waals surface area contributed by atoms with E-state index in [0.717, 1.165) is 12.1 Å². The molecule has 2 aliphatic heterocycles. The van der Waals surface area contributed by atoms with Gasteiger partial charge in [-0.05, 0) is 37.5 Å². The van der Waals surface area contributed by atoms with Gasteiger partial charge in [0.1, 0.15) is 29.1 Å². The highest BCUT2D eigenvalue weighted by Gasteiger charge is 2.45. The molecule has 2 aromatic rings. The maximum Gasteiger partial charge on any atom is 0.245 e. The number of nitrogens with zero attached hydrogens (tertiary/aromatic N) is 1. The summed E-state index contributed by atoms with van der Waals surface area (Å²) in [4.78, 5) is 11.6. The number of carbonyl (C=O) groups excluding carboxylic acids is 1. The molecule has 2 saturated heterocycles. The second kappa shape index (κ2) is 9.69. The quantitative estimate of drug-likeness (QED) is 0.640. The molecule has 0 spiro atoms. The lowest BCUT2D eigenvalue weighted by Gasteiger charge is -2.41. The number of ether oxygens (including phenoxy) is 2. The van der Waals surface area contributed by atoms with Crippen molar-refractivity contribution < 1.29 is 31.5 Å². The summed E-state index contributed by atoms with van der Waals surface area (Å²) in [5.74, 6) is -1.88. The van der Waals surface area contributed by atoms with E-state index >= 15 is 8.78 Å². The highest BCUT2D eigenvalue weighted by Crippen LogP contribution is 2.40. The second-order valence-corrected chi connectivity index (χ2v) is 10.9. The number of hydrogen-bond acceptors (Lipinski definition) is 5. The van der Waals surface area contributed by atoms with Crippen LogP contribution in [0.4, 0.5) is 8.78 Å². The lowest BCUT2D eigenvalue weighted by molar-refractivity contribution is -0.217. The third kappa shape index (κ3) is 4.59. The van der Waals surface area contributed by atoms with Crippen molar-refractivity contribution in [3.63, 3.8) is 0 Å². The van der Waals surface area contributed by atoms with Gasteiger partial charge >= 0.3 is 0 Å². The average Bonchev–Trinajstić information content (AvgIpc) is 2.78. The standard InChI is InChI=1S/C24H28F2N2O5S/c1-16-8-9-22(17-6-4-3-5-7-17)34(30,31)28(16)12-18-10-21(26)19(11-20(18)25)24(14-32-15-24)33-13-23(29)27-2/h3-7,10-11,16,22H,8-9,12-15H2,1-2H3,(H,27,29)/t16-,22+/m0/s1. The van der Waals surface area contributed by atoms with Crippen molar-refractivity contribution in [1.29, 1.82) is 0 Å². The van der Waals surface area contributed by atoms with E-state index in [9.17, 15) is 13.2 Å². The molecule has 2 aliphatic rings. The van der Waals surface area contributed by atoms with Gasteiger partial charge in [-0.2, -0.15) is 4.31 Å². The Hall–Kier alpha value is -2.40. The number of halogens is 2. The van der Waals surface area contributed by atoms with Crippen LogP contribution in [0.15, 0.2) is 42.5 Å². The molecule has 0 radical (unpaired) electrons. The molecule has 0 aromatic heterocycles. The first kappa shape index (κ1) is 24.7. The summed E-state index contributed by atoms with van der Waals surface area (Å²) in [6, 6.07) is 10.6. The van der Waals surface area contributed by atoms with Crippen LogP contribution in [0.5, 0.6) is 0 Å². The zero-order valence-electron chi connectivity index (χ0n) is 19.1. The first-order valence-electron chi connectivity index (χ1n) is 11.1. The average molecular weight is 495 g/mol. The first-order chi connectivity index (χ1) is 16.2. The van der Waals surface area contributed by atoms with Crippen LogP contribution < -0.4 is 5.32 Å². The fraction of sp³-hybridized carbons (Fsp3) is 0.458. The van der Waals surface area contributed by atoms with Gasteiger partial charge in [0.25, 0.3) is 0 Å². The van der Waals surface area contributed by atoms with E-state index in [4.69, 9.17) is 9.47 Å². The predicted molar refractivity (Wildman–Crippen MR) is 121 cm³/mol. The molecule has 0 bridgehead atoms. The van der Waals surface area contributed by atoms with Crippen molar-refractivity contribution in [2.45, 2.75) is 43.2 Å². The summed E-state index contributed by atoms with van der Waals surface area (Å²) in [7, 11) is -2.35. The second-order valence-electron chi connectivity index (χ2n) is 8.79. The molecule has 4 rings (SSSR count). The number of likely N-dealkylation sites (N-methyl/N-ethyl adjacent to an activating group) is 1. The van der Waals surface area contributed by atoms with Gasteiger partial charge in [-0.25, -0.2) is 17.2 Å². The van der Waals surface area contributed by atoms with Crippen LogP contribution >= 0.6 is 0 Å². The third-order valence-corrected chi connectivity index (χ3v) is 8.95. The van der Waals surface area contributed by atoms with Crippen LogP contribution in [0.3, 0.4) is 0 Å². The van der Waals surface area contributed by atoms with Crippen LogP contribution in [-0.4, -0.2) is 51.5 Å². The molecule has 0 saturated carbocycles. The number of carbonyl (C=O) groups is 1. The van der Waals surface area contributed by atoms with Crippen molar-refractivity contribution in [1.82, 2.24) is 9.62 Å². The number of benzene rings is 2. The van der Waals surface area contributed by atoms with Crippen LogP contribution in [0, 0.1) is 11.6 Å². The summed E-state index contributed by atoms with van der Waals surface area (Å²) in [6.45, 7) is 1.13. The fourth-order valence-corrected chi connectivity index (χ4v) is 6.65. The molecule has 0 aliphatic carbocycles. The van der Waals surface area contributed by atoms with E-state index in [2.05, 4.69) is 5.32 Å². The molecule has 2 fully saturated rings. The Morgan fingerprint density at radius 3 is 2.50 bits per heavy atom. The van der Waals surface area contributed by atoms with E-state index in [0.29, 0.717) is 18.4 Å². The maximum absolute atomic E-state index is 15.2. The van der Waals surface area contributed by atoms with Gasteiger partial charge in [-0.1, -0.05) is 30.3 Å². The van der Waals surface area contributed by atoms with Crippen LogP contribution in [0.25, 0.3) is 0 Å². The van der Waals surface area contributed by atoms with E-state index < -0.39 is 38.4 Å². The summed E-state index contributed by atoms with van der Waals surface area (Å²) in [5, 5.41) is 1.68. The van der Waals surface area contributed by atoms with Gasteiger partial charge in [0.05, 0.1) is 13.2 Å². The first-order valence-corrected chi connectivity index (χ1v) is 12.6. The molecule has 0 unspecified atom stereocenters. The molecule has 7 nitrogen and oxygen atoms in total. The minimum atomic E-state index is -3.79. The normalized spacial score (nSPS) is 23.8. The topological polar surface area (TPSA) is 84.9 Å². The van der Waals surface area contributed by atoms with Crippen LogP contribution in [-0.2, 0) is 36.4 Å². The summed E-state index contributed by atoms with van der Waals surface area (Å²) >= 11 is 0. The Morgan fingerprint density at radius 1 is 1.18 bits per heavy atom. The SMILES string of the molecule is CNC(=O)COC1(c2cc(F)c(CN3[C@@H](C)CC[C@H](c4ccccc4)S3(=O)=O)cc2F)COC1. The van der Waals surface area contributed by atoms with E-state index in [1.807, 2.05) is 6.07 Å². The Bertz CT molecular complexity index is 1160. The predicted octanol–water partition coefficient (Wildman–Crippen LogP) is 3.01. The number of sulfonamides is 1. The minimum absolute atomic E-state index is 0.0179. The van der Waals surface area contributed by atoms with Crippen LogP contribution in [0.1, 0.15) is 41.7 Å². The van der Waals surface area contributed by atoms with Crippen molar-refractivity contribution in [2.75, 3.05) is 26.9 Å². The lowest BCUT2D eigenvalue weighted by Crippen LogP contribution is -2.51. The molecule has 2 atom stereocenters. The van der Waals surface area contributed by atoms with Gasteiger partial charge in [0.15, 0.2) is 0 Å². The van der Waals surface area contributed by atoms with E-state index in [1.165, 1.54) is 11.4 Å². The molecule has 184 valence electrons. The molecular formula is C24H28F2N2O5S. The molecule has 34 heavy (non-hydrogen) atoms. The van der Waals surface area contributed by atoms with Crippen molar-refractivity contribution in [3.8, 4) is 0 Å². The van der Waals surface area contributed by atoms with Crippen molar-refractivity contribution in [3.05, 3.63) is 70.8 Å². The van der Waals surface area contributed by atoms with Crippen LogP contribution in [0.2, 0.25) is 0 Å². The zero-order valence-corrected chi connectivity index (χ0v) is 19.9. The van der Waals surface area contributed by atoms with Gasteiger partial charge in [-0.3, -0.25) is 4.79 Å². The third-order valence-electron chi connectivity index (χ3n) is 6.58. The molecule has 10 heteroatoms. The number of amides is 1. The largest absolute Gasteiger partial charge is 0.375 e. The Balaban J connectivity index is 1.60. The van der Waals surface area contributed by atoms with E-state index in [1.54, 1.807) is 31.2 Å². The molecule has 2 heterocycles. The van der Waals surface area contributed by atoms with Crippen molar-refractivity contribution in [2.24, 2.45) is 0 Å². The number of rotatable bonds is 7. The molecule has 1 amide bonds. The Kier molecular flexibility index (Phi) is 7.04. The highest BCUT2D eigenvalue weighted by molar-refractivity contribution is 7.89. The molecule has 2 aromatic carbocycles. The van der Waals surface area contributed by atoms with E-state index in [-0.39, 0.29) is 43.5 Å². The Labute approximate surface area is 198 Å². The smallest absolute Gasteiger partial charge is 0.245 e. The fourth-order valence-electron chi connectivity index (χ4n) is 4.46. The highest BCUT2D eigenvalue weighted by atomic mass is 32.2. The monoisotopic (exact) mass is 494 g/mol. The van der Waals surface area contributed by atoms with Gasteiger partial charge in [0.2, 0.25) is 15.9 Å².